The Morgan fingerprint density at radius 1 is 1.44 bits per heavy atom. The second-order valence-corrected chi connectivity index (χ2v) is 6.00. The monoisotopic (exact) mass is 267 g/mol. The maximum absolute atomic E-state index is 5.80. The fourth-order valence-corrected chi connectivity index (χ4v) is 3.33. The molecule has 1 aliphatic rings. The van der Waals surface area contributed by atoms with Crippen molar-refractivity contribution in [2.75, 3.05) is 13.7 Å². The summed E-state index contributed by atoms with van der Waals surface area (Å²) in [5.41, 5.74) is 1.48. The predicted octanol–water partition coefficient (Wildman–Crippen LogP) is 3.62. The Labute approximate surface area is 115 Å². The first-order valence-electron chi connectivity index (χ1n) is 7.18. The van der Waals surface area contributed by atoms with E-state index in [4.69, 9.17) is 4.74 Å². The largest absolute Gasteiger partial charge is 0.378 e. The lowest BCUT2D eigenvalue weighted by Gasteiger charge is -2.24. The zero-order chi connectivity index (χ0) is 12.6. The number of hydrogen-bond acceptors (Lipinski definition) is 3. The molecule has 1 aromatic heterocycles. The van der Waals surface area contributed by atoms with E-state index in [1.54, 1.807) is 11.3 Å². The molecule has 0 aliphatic carbocycles. The van der Waals surface area contributed by atoms with E-state index >= 15 is 0 Å². The van der Waals surface area contributed by atoms with Crippen molar-refractivity contribution in [1.29, 1.82) is 0 Å². The molecule has 0 radical (unpaired) electrons. The van der Waals surface area contributed by atoms with Crippen LogP contribution in [0.15, 0.2) is 16.8 Å². The number of hydrogen-bond donors (Lipinski definition) is 1. The van der Waals surface area contributed by atoms with Crippen LogP contribution in [-0.2, 0) is 11.2 Å². The summed E-state index contributed by atoms with van der Waals surface area (Å²) in [5.74, 6) is 0. The molecule has 1 aromatic rings. The van der Waals surface area contributed by atoms with Crippen molar-refractivity contribution in [2.45, 2.75) is 57.1 Å². The fourth-order valence-electron chi connectivity index (χ4n) is 2.63. The summed E-state index contributed by atoms with van der Waals surface area (Å²) in [5, 5.41) is 7.88. The van der Waals surface area contributed by atoms with Crippen LogP contribution in [0.4, 0.5) is 0 Å². The van der Waals surface area contributed by atoms with Crippen molar-refractivity contribution in [3.05, 3.63) is 22.4 Å². The maximum Gasteiger partial charge on any atom is 0.0575 e. The van der Waals surface area contributed by atoms with Crippen LogP contribution in [0.25, 0.3) is 0 Å². The van der Waals surface area contributed by atoms with Gasteiger partial charge in [-0.25, -0.2) is 0 Å². The Hall–Kier alpha value is -0.380. The molecule has 18 heavy (non-hydrogen) atoms. The summed E-state index contributed by atoms with van der Waals surface area (Å²) >= 11 is 1.79. The summed E-state index contributed by atoms with van der Waals surface area (Å²) < 4.78 is 5.80. The maximum atomic E-state index is 5.80. The minimum absolute atomic E-state index is 0.524. The van der Waals surface area contributed by atoms with Gasteiger partial charge in [-0.05, 0) is 74.4 Å². The normalized spacial score (nSPS) is 21.9. The molecule has 0 aromatic carbocycles. The summed E-state index contributed by atoms with van der Waals surface area (Å²) in [6, 6.07) is 2.87. The summed E-state index contributed by atoms with van der Waals surface area (Å²) in [6.07, 6.45) is 9.28. The molecule has 2 heterocycles. The average molecular weight is 267 g/mol. The van der Waals surface area contributed by atoms with E-state index in [1.807, 2.05) is 0 Å². The van der Waals surface area contributed by atoms with E-state index in [-0.39, 0.29) is 0 Å². The Kier molecular flexibility index (Phi) is 6.18. The molecular weight excluding hydrogens is 242 g/mol. The average Bonchev–Trinajstić information content (AvgIpc) is 2.93. The standard InChI is InChI=1S/C15H25NOS/c1-16-14(6-5-13-9-11-18-12-13)7-8-15-4-2-3-10-17-15/h9,11-12,14-16H,2-8,10H2,1H3. The number of aryl methyl sites for hydroxylation is 1. The van der Waals surface area contributed by atoms with Crippen molar-refractivity contribution in [1.82, 2.24) is 5.32 Å². The van der Waals surface area contributed by atoms with Gasteiger partial charge in [0.25, 0.3) is 0 Å². The molecule has 1 saturated heterocycles. The Morgan fingerprint density at radius 3 is 3.06 bits per heavy atom. The molecule has 2 nitrogen and oxygen atoms in total. The second kappa shape index (κ2) is 7.93. The van der Waals surface area contributed by atoms with Crippen LogP contribution in [0.1, 0.15) is 44.1 Å². The topological polar surface area (TPSA) is 21.3 Å². The van der Waals surface area contributed by atoms with Crippen LogP contribution in [0.5, 0.6) is 0 Å². The van der Waals surface area contributed by atoms with Crippen LogP contribution in [0, 0.1) is 0 Å². The Balaban J connectivity index is 1.65. The molecule has 2 unspecified atom stereocenters. The van der Waals surface area contributed by atoms with Crippen molar-refractivity contribution in [3.63, 3.8) is 0 Å². The quantitative estimate of drug-likeness (QED) is 0.814. The highest BCUT2D eigenvalue weighted by Gasteiger charge is 2.16. The van der Waals surface area contributed by atoms with Crippen LogP contribution in [0.2, 0.25) is 0 Å². The Bertz CT molecular complexity index is 306. The first-order valence-corrected chi connectivity index (χ1v) is 8.12. The number of ether oxygens (including phenoxy) is 1. The molecule has 2 rings (SSSR count). The van der Waals surface area contributed by atoms with Gasteiger partial charge in [-0.15, -0.1) is 0 Å². The Morgan fingerprint density at radius 2 is 2.39 bits per heavy atom. The van der Waals surface area contributed by atoms with Crippen molar-refractivity contribution in [2.24, 2.45) is 0 Å². The minimum atomic E-state index is 0.524. The van der Waals surface area contributed by atoms with Gasteiger partial charge in [0, 0.05) is 12.6 Å². The predicted molar refractivity (Wildman–Crippen MR) is 78.3 cm³/mol. The minimum Gasteiger partial charge on any atom is -0.378 e. The van der Waals surface area contributed by atoms with Crippen LogP contribution in [0.3, 0.4) is 0 Å². The molecule has 2 atom stereocenters. The van der Waals surface area contributed by atoms with E-state index < -0.39 is 0 Å². The molecule has 1 N–H and O–H groups in total. The van der Waals surface area contributed by atoms with Gasteiger partial charge in [0.05, 0.1) is 6.10 Å². The van der Waals surface area contributed by atoms with Gasteiger partial charge in [-0.3, -0.25) is 0 Å². The highest BCUT2D eigenvalue weighted by atomic mass is 32.1. The van der Waals surface area contributed by atoms with Gasteiger partial charge < -0.3 is 10.1 Å². The fraction of sp³-hybridized carbons (Fsp3) is 0.733. The van der Waals surface area contributed by atoms with E-state index in [9.17, 15) is 0 Å². The highest BCUT2D eigenvalue weighted by Crippen LogP contribution is 2.19. The summed E-state index contributed by atoms with van der Waals surface area (Å²) in [6.45, 7) is 0.976. The van der Waals surface area contributed by atoms with E-state index in [1.165, 1.54) is 50.5 Å². The molecular formula is C15H25NOS. The molecule has 0 bridgehead atoms. The lowest BCUT2D eigenvalue weighted by Crippen LogP contribution is -2.28. The zero-order valence-electron chi connectivity index (χ0n) is 11.4. The van der Waals surface area contributed by atoms with Gasteiger partial charge in [0.15, 0.2) is 0 Å². The van der Waals surface area contributed by atoms with Crippen molar-refractivity contribution >= 4 is 11.3 Å². The first-order chi connectivity index (χ1) is 8.88. The van der Waals surface area contributed by atoms with Crippen LogP contribution >= 0.6 is 11.3 Å². The third-order valence-corrected chi connectivity index (χ3v) is 4.61. The number of thiophene rings is 1. The molecule has 102 valence electrons. The van der Waals surface area contributed by atoms with Gasteiger partial charge in [-0.1, -0.05) is 0 Å². The van der Waals surface area contributed by atoms with Crippen LogP contribution in [-0.4, -0.2) is 25.8 Å². The molecule has 3 heteroatoms. The first kappa shape index (κ1) is 14.0. The number of nitrogens with one attached hydrogen (secondary N) is 1. The van der Waals surface area contributed by atoms with E-state index in [0.717, 1.165) is 6.61 Å². The lowest BCUT2D eigenvalue weighted by atomic mass is 9.98. The van der Waals surface area contributed by atoms with Gasteiger partial charge in [-0.2, -0.15) is 11.3 Å². The second-order valence-electron chi connectivity index (χ2n) is 5.22. The van der Waals surface area contributed by atoms with E-state index in [2.05, 4.69) is 29.2 Å². The molecule has 0 spiro atoms. The van der Waals surface area contributed by atoms with Gasteiger partial charge in [0.2, 0.25) is 0 Å². The molecule has 1 aliphatic heterocycles. The van der Waals surface area contributed by atoms with Gasteiger partial charge >= 0.3 is 0 Å². The van der Waals surface area contributed by atoms with Crippen LogP contribution < -0.4 is 5.32 Å². The SMILES string of the molecule is CNC(CCc1ccsc1)CCC1CCCCO1. The van der Waals surface area contributed by atoms with Gasteiger partial charge in [0.1, 0.15) is 0 Å². The van der Waals surface area contributed by atoms with Crippen molar-refractivity contribution in [3.8, 4) is 0 Å². The third-order valence-electron chi connectivity index (χ3n) is 3.88. The highest BCUT2D eigenvalue weighted by molar-refractivity contribution is 7.07. The van der Waals surface area contributed by atoms with E-state index in [0.29, 0.717) is 12.1 Å². The smallest absolute Gasteiger partial charge is 0.0575 e. The molecule has 0 saturated carbocycles. The molecule has 0 amide bonds. The summed E-state index contributed by atoms with van der Waals surface area (Å²) in [4.78, 5) is 0. The summed E-state index contributed by atoms with van der Waals surface area (Å²) in [7, 11) is 2.08. The van der Waals surface area contributed by atoms with Crippen molar-refractivity contribution < 1.29 is 4.74 Å². The number of rotatable bonds is 7. The third kappa shape index (κ3) is 4.71. The lowest BCUT2D eigenvalue weighted by molar-refractivity contribution is 0.00857. The molecule has 1 fully saturated rings. The zero-order valence-corrected chi connectivity index (χ0v) is 12.2.